The van der Waals surface area contributed by atoms with Crippen LogP contribution in [0.3, 0.4) is 0 Å². The number of hydrogen-bond donors (Lipinski definition) is 1. The summed E-state index contributed by atoms with van der Waals surface area (Å²) in [5.74, 6) is 1.85. The summed E-state index contributed by atoms with van der Waals surface area (Å²) < 4.78 is 7.86. The van der Waals surface area contributed by atoms with Gasteiger partial charge in [0, 0.05) is 19.7 Å². The number of aliphatic hydroxyl groups is 1. The number of aliphatic hydroxyl groups excluding tert-OH is 1. The van der Waals surface area contributed by atoms with Gasteiger partial charge in [-0.15, -0.1) is 0 Å². The molecule has 1 N–H and O–H groups in total. The number of hydrogen-bond acceptors (Lipinski definition) is 6. The maximum Gasteiger partial charge on any atom is 0.226 e. The van der Waals surface area contributed by atoms with Crippen LogP contribution in [0.4, 0.5) is 5.82 Å². The first-order valence-corrected chi connectivity index (χ1v) is 9.35. The van der Waals surface area contributed by atoms with Crippen molar-refractivity contribution in [2.45, 2.75) is 51.9 Å². The first kappa shape index (κ1) is 17.0. The summed E-state index contributed by atoms with van der Waals surface area (Å²) in [5, 5.41) is 10.2. The zero-order valence-corrected chi connectivity index (χ0v) is 15.4. The van der Waals surface area contributed by atoms with E-state index in [0.29, 0.717) is 0 Å². The molecule has 136 valence electrons. The zero-order chi connectivity index (χ0) is 17.6. The Morgan fingerprint density at radius 1 is 1.28 bits per heavy atom. The fourth-order valence-electron chi connectivity index (χ4n) is 3.83. The number of fused-ring (bicyclic) bond motifs is 1. The molecule has 0 saturated carbocycles. The predicted molar refractivity (Wildman–Crippen MR) is 96.0 cm³/mol. The lowest BCUT2D eigenvalue weighted by Gasteiger charge is -2.35. The molecule has 2 saturated heterocycles. The van der Waals surface area contributed by atoms with Crippen molar-refractivity contribution in [2.24, 2.45) is 5.92 Å². The SMILES string of the molecule is Cc1nc2c(N3CC[C@@H](O)[C@H](C)C3)nc(Cl)nc2n1C[C@@H]1CCCO1. The average Bonchev–Trinajstić information content (AvgIpc) is 3.19. The molecule has 2 fully saturated rings. The molecule has 0 aromatic carbocycles. The van der Waals surface area contributed by atoms with E-state index >= 15 is 0 Å². The number of nitrogens with zero attached hydrogens (tertiary/aromatic N) is 5. The van der Waals surface area contributed by atoms with Crippen LogP contribution in [-0.2, 0) is 11.3 Å². The minimum absolute atomic E-state index is 0.188. The smallest absolute Gasteiger partial charge is 0.226 e. The van der Waals surface area contributed by atoms with Crippen LogP contribution in [0.1, 0.15) is 32.0 Å². The molecule has 0 bridgehead atoms. The molecule has 2 aromatic rings. The van der Waals surface area contributed by atoms with E-state index in [9.17, 15) is 5.11 Å². The van der Waals surface area contributed by atoms with Crippen LogP contribution in [0.15, 0.2) is 0 Å². The normalized spacial score (nSPS) is 27.4. The van der Waals surface area contributed by atoms with E-state index in [0.717, 1.165) is 68.3 Å². The van der Waals surface area contributed by atoms with Gasteiger partial charge < -0.3 is 19.3 Å². The van der Waals surface area contributed by atoms with Crippen molar-refractivity contribution in [3.8, 4) is 0 Å². The molecule has 8 heteroatoms. The van der Waals surface area contributed by atoms with Crippen LogP contribution >= 0.6 is 11.6 Å². The Balaban J connectivity index is 1.73. The highest BCUT2D eigenvalue weighted by Crippen LogP contribution is 2.30. The van der Waals surface area contributed by atoms with Gasteiger partial charge in [-0.2, -0.15) is 9.97 Å². The molecule has 2 aliphatic rings. The maximum atomic E-state index is 10.00. The number of imidazole rings is 1. The van der Waals surface area contributed by atoms with Crippen LogP contribution in [-0.4, -0.2) is 56.5 Å². The summed E-state index contributed by atoms with van der Waals surface area (Å²) in [6.07, 6.45) is 2.83. The van der Waals surface area contributed by atoms with Crippen molar-refractivity contribution in [1.29, 1.82) is 0 Å². The zero-order valence-electron chi connectivity index (χ0n) is 14.7. The number of aryl methyl sites for hydroxylation is 1. The highest BCUT2D eigenvalue weighted by Gasteiger charge is 2.28. The number of rotatable bonds is 3. The minimum Gasteiger partial charge on any atom is -0.393 e. The maximum absolute atomic E-state index is 10.00. The molecule has 2 aromatic heterocycles. The van der Waals surface area contributed by atoms with Crippen LogP contribution in [0.25, 0.3) is 11.2 Å². The van der Waals surface area contributed by atoms with Crippen molar-refractivity contribution in [1.82, 2.24) is 19.5 Å². The van der Waals surface area contributed by atoms with Crippen molar-refractivity contribution in [3.05, 3.63) is 11.1 Å². The first-order valence-electron chi connectivity index (χ1n) is 8.98. The van der Waals surface area contributed by atoms with Gasteiger partial charge in [-0.3, -0.25) is 0 Å². The monoisotopic (exact) mass is 365 g/mol. The molecule has 0 spiro atoms. The molecule has 0 aliphatic carbocycles. The van der Waals surface area contributed by atoms with Crippen LogP contribution in [0.5, 0.6) is 0 Å². The quantitative estimate of drug-likeness (QED) is 0.840. The lowest BCUT2D eigenvalue weighted by Crippen LogP contribution is -2.42. The first-order chi connectivity index (χ1) is 12.0. The molecule has 4 rings (SSSR count). The van der Waals surface area contributed by atoms with E-state index in [-0.39, 0.29) is 23.4 Å². The van der Waals surface area contributed by atoms with Gasteiger partial charge in [-0.05, 0) is 43.7 Å². The number of piperidine rings is 1. The van der Waals surface area contributed by atoms with Crippen molar-refractivity contribution < 1.29 is 9.84 Å². The Bertz CT molecular complexity index is 774. The highest BCUT2D eigenvalue weighted by atomic mass is 35.5. The third-order valence-electron chi connectivity index (χ3n) is 5.31. The summed E-state index contributed by atoms with van der Waals surface area (Å²) in [6.45, 7) is 7.08. The third-order valence-corrected chi connectivity index (χ3v) is 5.48. The van der Waals surface area contributed by atoms with Crippen molar-refractivity contribution in [3.63, 3.8) is 0 Å². The van der Waals surface area contributed by atoms with E-state index in [4.69, 9.17) is 21.3 Å². The molecule has 7 nitrogen and oxygen atoms in total. The molecule has 3 atom stereocenters. The topological polar surface area (TPSA) is 76.3 Å². The van der Waals surface area contributed by atoms with E-state index < -0.39 is 0 Å². The summed E-state index contributed by atoms with van der Waals surface area (Å²) in [6, 6.07) is 0. The molecular weight excluding hydrogens is 342 g/mol. The second kappa shape index (κ2) is 6.70. The largest absolute Gasteiger partial charge is 0.393 e. The second-order valence-electron chi connectivity index (χ2n) is 7.17. The third kappa shape index (κ3) is 3.20. The Hall–Kier alpha value is -1.44. The van der Waals surface area contributed by atoms with Gasteiger partial charge in [0.2, 0.25) is 5.28 Å². The second-order valence-corrected chi connectivity index (χ2v) is 7.51. The number of anilines is 1. The lowest BCUT2D eigenvalue weighted by molar-refractivity contribution is 0.0968. The summed E-state index contributed by atoms with van der Waals surface area (Å²) in [7, 11) is 0. The fourth-order valence-corrected chi connectivity index (χ4v) is 3.99. The molecule has 0 amide bonds. The predicted octanol–water partition coefficient (Wildman–Crippen LogP) is 2.17. The summed E-state index contributed by atoms with van der Waals surface area (Å²) >= 11 is 6.24. The van der Waals surface area contributed by atoms with Crippen LogP contribution < -0.4 is 4.90 Å². The molecule has 0 unspecified atom stereocenters. The highest BCUT2D eigenvalue weighted by molar-refractivity contribution is 6.28. The summed E-state index contributed by atoms with van der Waals surface area (Å²) in [5.41, 5.74) is 1.55. The van der Waals surface area contributed by atoms with Crippen LogP contribution in [0.2, 0.25) is 5.28 Å². The van der Waals surface area contributed by atoms with E-state index in [1.165, 1.54) is 0 Å². The average molecular weight is 366 g/mol. The lowest BCUT2D eigenvalue weighted by atomic mass is 9.97. The van der Waals surface area contributed by atoms with Gasteiger partial charge in [0.15, 0.2) is 17.0 Å². The Kier molecular flexibility index (Phi) is 4.56. The van der Waals surface area contributed by atoms with Gasteiger partial charge in [-0.25, -0.2) is 4.98 Å². The van der Waals surface area contributed by atoms with E-state index in [1.807, 2.05) is 6.92 Å². The Morgan fingerprint density at radius 2 is 2.12 bits per heavy atom. The number of halogens is 1. The fraction of sp³-hybridized carbons (Fsp3) is 0.706. The molecule has 0 radical (unpaired) electrons. The van der Waals surface area contributed by atoms with Gasteiger partial charge in [0.1, 0.15) is 5.82 Å². The van der Waals surface area contributed by atoms with Gasteiger partial charge in [0.25, 0.3) is 0 Å². The molecule has 2 aliphatic heterocycles. The van der Waals surface area contributed by atoms with Crippen molar-refractivity contribution >= 4 is 28.6 Å². The Morgan fingerprint density at radius 3 is 2.84 bits per heavy atom. The molecular formula is C17H24ClN5O2. The van der Waals surface area contributed by atoms with Crippen molar-refractivity contribution in [2.75, 3.05) is 24.6 Å². The van der Waals surface area contributed by atoms with Gasteiger partial charge in [-0.1, -0.05) is 6.92 Å². The standard InChI is InChI=1S/C17H24ClN5O2/c1-10-8-22(6-5-13(10)24)15-14-16(21-17(18)20-15)23(11(2)19-14)9-12-4-3-7-25-12/h10,12-13,24H,3-9H2,1-2H3/t10-,12+,13-/m1/s1. The minimum atomic E-state index is -0.261. The number of ether oxygens (including phenoxy) is 1. The van der Waals surface area contributed by atoms with E-state index in [2.05, 4.69) is 26.4 Å². The van der Waals surface area contributed by atoms with Gasteiger partial charge >= 0.3 is 0 Å². The number of aromatic nitrogens is 4. The van der Waals surface area contributed by atoms with Crippen LogP contribution in [0, 0.1) is 12.8 Å². The van der Waals surface area contributed by atoms with E-state index in [1.54, 1.807) is 0 Å². The Labute approximate surface area is 152 Å². The van der Waals surface area contributed by atoms with Gasteiger partial charge in [0.05, 0.1) is 18.8 Å². The molecule has 25 heavy (non-hydrogen) atoms. The molecule has 4 heterocycles. The summed E-state index contributed by atoms with van der Waals surface area (Å²) in [4.78, 5) is 15.8.